The summed E-state index contributed by atoms with van der Waals surface area (Å²) < 4.78 is 5.75. The fraction of sp³-hybridized carbons (Fsp3) is 0.409. The number of hydrogen-bond donors (Lipinski definition) is 1. The molecule has 0 saturated heterocycles. The van der Waals surface area contributed by atoms with Gasteiger partial charge in [-0.15, -0.1) is 0 Å². The molecule has 0 bridgehead atoms. The van der Waals surface area contributed by atoms with E-state index in [1.165, 1.54) is 5.56 Å². The van der Waals surface area contributed by atoms with Crippen LogP contribution in [0.4, 0.5) is 0 Å². The Morgan fingerprint density at radius 1 is 1.15 bits per heavy atom. The summed E-state index contributed by atoms with van der Waals surface area (Å²) in [6, 6.07) is 15.8. The molecule has 0 aromatic heterocycles. The van der Waals surface area contributed by atoms with E-state index in [1.807, 2.05) is 48.5 Å². The number of rotatable bonds is 8. The zero-order chi connectivity index (χ0) is 19.9. The quantitative estimate of drug-likeness (QED) is 0.593. The molecule has 1 atom stereocenters. The molecule has 0 saturated carbocycles. The third-order valence-corrected chi connectivity index (χ3v) is 5.54. The van der Waals surface area contributed by atoms with Gasteiger partial charge in [-0.1, -0.05) is 62.7 Å². The molecule has 0 radical (unpaired) electrons. The molecule has 3 nitrogen and oxygen atoms in total. The summed E-state index contributed by atoms with van der Waals surface area (Å²) in [7, 11) is 0. The molecule has 27 heavy (non-hydrogen) atoms. The van der Waals surface area contributed by atoms with E-state index in [0.717, 1.165) is 22.1 Å². The first-order valence-electron chi connectivity index (χ1n) is 9.13. The third kappa shape index (κ3) is 7.11. The smallest absolute Gasteiger partial charge is 0.260 e. The number of amides is 1. The van der Waals surface area contributed by atoms with Gasteiger partial charge < -0.3 is 10.1 Å². The number of carbonyl (C=O) groups is 1. The fourth-order valence-corrected chi connectivity index (χ4v) is 3.62. The predicted molar refractivity (Wildman–Crippen MR) is 116 cm³/mol. The minimum atomic E-state index is -0.529. The number of halogens is 1. The maximum Gasteiger partial charge on any atom is 0.260 e. The normalized spacial score (nSPS) is 12.5. The van der Waals surface area contributed by atoms with Gasteiger partial charge in [-0.25, -0.2) is 0 Å². The molecule has 2 rings (SSSR count). The SMILES string of the molecule is C[C@@H](Oc1ccc(C(C)(C)C)cc1)C(=O)NCCSCc1ccccc1Cl. The van der Waals surface area contributed by atoms with Crippen LogP contribution < -0.4 is 10.1 Å². The van der Waals surface area contributed by atoms with E-state index < -0.39 is 6.10 Å². The van der Waals surface area contributed by atoms with Crippen molar-refractivity contribution >= 4 is 29.3 Å². The van der Waals surface area contributed by atoms with Gasteiger partial charge in [-0.3, -0.25) is 4.79 Å². The van der Waals surface area contributed by atoms with Crippen molar-refractivity contribution in [3.63, 3.8) is 0 Å². The van der Waals surface area contributed by atoms with E-state index in [0.29, 0.717) is 12.3 Å². The Hall–Kier alpha value is -1.65. The standard InChI is InChI=1S/C22H28ClNO2S/c1-16(26-19-11-9-18(10-12-19)22(2,3)4)21(25)24-13-14-27-15-17-7-5-6-8-20(17)23/h5-12,16H,13-15H2,1-4H3,(H,24,25)/t16-/m1/s1. The Morgan fingerprint density at radius 2 is 1.81 bits per heavy atom. The van der Waals surface area contributed by atoms with Gasteiger partial charge in [0, 0.05) is 23.1 Å². The van der Waals surface area contributed by atoms with Crippen molar-refractivity contribution in [3.8, 4) is 5.75 Å². The molecule has 146 valence electrons. The van der Waals surface area contributed by atoms with Gasteiger partial charge >= 0.3 is 0 Å². The number of thioether (sulfide) groups is 1. The van der Waals surface area contributed by atoms with E-state index in [9.17, 15) is 4.79 Å². The predicted octanol–water partition coefficient (Wildman–Crippen LogP) is 5.45. The Labute approximate surface area is 171 Å². The molecular formula is C22H28ClNO2S. The van der Waals surface area contributed by atoms with Crippen LogP contribution in [0.1, 0.15) is 38.8 Å². The van der Waals surface area contributed by atoms with E-state index in [1.54, 1.807) is 18.7 Å². The van der Waals surface area contributed by atoms with Crippen LogP contribution in [-0.2, 0) is 16.0 Å². The lowest BCUT2D eigenvalue weighted by atomic mass is 9.87. The molecule has 0 unspecified atom stereocenters. The fourth-order valence-electron chi connectivity index (χ4n) is 2.48. The number of hydrogen-bond acceptors (Lipinski definition) is 3. The van der Waals surface area contributed by atoms with Crippen molar-refractivity contribution < 1.29 is 9.53 Å². The van der Waals surface area contributed by atoms with Crippen LogP contribution in [0.15, 0.2) is 48.5 Å². The maximum atomic E-state index is 12.2. The number of ether oxygens (including phenoxy) is 1. The zero-order valence-corrected chi connectivity index (χ0v) is 18.0. The van der Waals surface area contributed by atoms with E-state index >= 15 is 0 Å². The van der Waals surface area contributed by atoms with Crippen molar-refractivity contribution in [2.24, 2.45) is 0 Å². The molecule has 0 heterocycles. The highest BCUT2D eigenvalue weighted by Crippen LogP contribution is 2.24. The van der Waals surface area contributed by atoms with Crippen LogP contribution in [0.3, 0.4) is 0 Å². The Kier molecular flexibility index (Phi) is 8.06. The van der Waals surface area contributed by atoms with Crippen molar-refractivity contribution in [3.05, 3.63) is 64.7 Å². The van der Waals surface area contributed by atoms with Crippen molar-refractivity contribution in [1.29, 1.82) is 0 Å². The van der Waals surface area contributed by atoms with E-state index in [2.05, 4.69) is 26.1 Å². The summed E-state index contributed by atoms with van der Waals surface area (Å²) in [4.78, 5) is 12.2. The molecule has 1 amide bonds. The first kappa shape index (κ1) is 21.6. The lowest BCUT2D eigenvalue weighted by Gasteiger charge is -2.20. The molecule has 2 aromatic carbocycles. The van der Waals surface area contributed by atoms with Gasteiger partial charge in [-0.05, 0) is 41.7 Å². The summed E-state index contributed by atoms with van der Waals surface area (Å²) in [5, 5.41) is 3.71. The highest BCUT2D eigenvalue weighted by atomic mass is 35.5. The van der Waals surface area contributed by atoms with Crippen LogP contribution in [0.5, 0.6) is 5.75 Å². The summed E-state index contributed by atoms with van der Waals surface area (Å²) in [6.45, 7) is 8.88. The van der Waals surface area contributed by atoms with Crippen molar-refractivity contribution in [2.45, 2.75) is 45.0 Å². The van der Waals surface area contributed by atoms with Gasteiger partial charge in [-0.2, -0.15) is 11.8 Å². The van der Waals surface area contributed by atoms with Gasteiger partial charge in [0.2, 0.25) is 0 Å². The Morgan fingerprint density at radius 3 is 2.44 bits per heavy atom. The molecule has 0 fully saturated rings. The largest absolute Gasteiger partial charge is 0.481 e. The van der Waals surface area contributed by atoms with Crippen LogP contribution in [0, 0.1) is 0 Å². The maximum absolute atomic E-state index is 12.2. The minimum Gasteiger partial charge on any atom is -0.481 e. The van der Waals surface area contributed by atoms with Crippen LogP contribution in [-0.4, -0.2) is 24.3 Å². The molecule has 2 aromatic rings. The molecular weight excluding hydrogens is 378 g/mol. The van der Waals surface area contributed by atoms with Crippen molar-refractivity contribution in [2.75, 3.05) is 12.3 Å². The van der Waals surface area contributed by atoms with Crippen LogP contribution >= 0.6 is 23.4 Å². The van der Waals surface area contributed by atoms with Crippen molar-refractivity contribution in [1.82, 2.24) is 5.32 Å². The lowest BCUT2D eigenvalue weighted by molar-refractivity contribution is -0.127. The average Bonchev–Trinajstić information content (AvgIpc) is 2.62. The highest BCUT2D eigenvalue weighted by molar-refractivity contribution is 7.98. The number of carbonyl (C=O) groups excluding carboxylic acids is 1. The highest BCUT2D eigenvalue weighted by Gasteiger charge is 2.16. The number of benzene rings is 2. The minimum absolute atomic E-state index is 0.100. The van der Waals surface area contributed by atoms with Gasteiger partial charge in [0.25, 0.3) is 5.91 Å². The lowest BCUT2D eigenvalue weighted by Crippen LogP contribution is -2.37. The zero-order valence-electron chi connectivity index (χ0n) is 16.4. The molecule has 0 aliphatic heterocycles. The number of nitrogens with one attached hydrogen (secondary N) is 1. The molecule has 0 aliphatic carbocycles. The molecule has 0 aliphatic rings. The van der Waals surface area contributed by atoms with Crippen LogP contribution in [0.25, 0.3) is 0 Å². The summed E-state index contributed by atoms with van der Waals surface area (Å²) in [5.41, 5.74) is 2.46. The topological polar surface area (TPSA) is 38.3 Å². The molecule has 0 spiro atoms. The Bertz CT molecular complexity index is 741. The van der Waals surface area contributed by atoms with Gasteiger partial charge in [0.15, 0.2) is 6.10 Å². The summed E-state index contributed by atoms with van der Waals surface area (Å²) >= 11 is 7.88. The average molecular weight is 406 g/mol. The van der Waals surface area contributed by atoms with Gasteiger partial charge in [0.1, 0.15) is 5.75 Å². The third-order valence-electron chi connectivity index (χ3n) is 4.16. The molecule has 1 N–H and O–H groups in total. The second-order valence-corrected chi connectivity index (χ2v) is 8.98. The first-order chi connectivity index (χ1) is 12.8. The van der Waals surface area contributed by atoms with Crippen LogP contribution in [0.2, 0.25) is 5.02 Å². The first-order valence-corrected chi connectivity index (χ1v) is 10.7. The summed E-state index contributed by atoms with van der Waals surface area (Å²) in [5.74, 6) is 2.26. The second kappa shape index (κ2) is 10.0. The van der Waals surface area contributed by atoms with E-state index in [4.69, 9.17) is 16.3 Å². The second-order valence-electron chi connectivity index (χ2n) is 7.47. The van der Waals surface area contributed by atoms with Gasteiger partial charge in [0.05, 0.1) is 0 Å². The Balaban J connectivity index is 1.70. The summed E-state index contributed by atoms with van der Waals surface area (Å²) in [6.07, 6.45) is -0.529. The molecule has 5 heteroatoms. The monoisotopic (exact) mass is 405 g/mol. The van der Waals surface area contributed by atoms with E-state index in [-0.39, 0.29) is 11.3 Å².